The summed E-state index contributed by atoms with van der Waals surface area (Å²) in [5.41, 5.74) is 1.65. The molecule has 0 aliphatic carbocycles. The highest BCUT2D eigenvalue weighted by Gasteiger charge is 2.14. The molecule has 2 aromatic rings. The Bertz CT molecular complexity index is 747. The average molecular weight is 372 g/mol. The van der Waals surface area contributed by atoms with E-state index in [1.165, 1.54) is 4.90 Å². The van der Waals surface area contributed by atoms with Crippen molar-refractivity contribution < 1.29 is 14.3 Å². The number of likely N-dealkylation sites (N-methyl/N-ethyl adjacent to an activating group) is 1. The molecule has 0 heterocycles. The third-order valence-corrected chi connectivity index (χ3v) is 4.57. The summed E-state index contributed by atoms with van der Waals surface area (Å²) in [5, 5.41) is 2.86. The van der Waals surface area contributed by atoms with E-state index in [9.17, 15) is 9.59 Å². The molecule has 0 aliphatic rings. The number of hydrogen-bond acceptors (Lipinski definition) is 4. The first kappa shape index (κ1) is 19.8. The molecule has 0 spiro atoms. The summed E-state index contributed by atoms with van der Waals surface area (Å²) in [6.07, 6.45) is 2.20. The summed E-state index contributed by atoms with van der Waals surface area (Å²) in [6, 6.07) is 15.0. The Hall–Kier alpha value is -2.47. The van der Waals surface area contributed by atoms with Crippen molar-refractivity contribution in [2.24, 2.45) is 0 Å². The van der Waals surface area contributed by atoms with Gasteiger partial charge in [0.25, 0.3) is 0 Å². The number of benzene rings is 2. The fourth-order valence-corrected chi connectivity index (χ4v) is 2.97. The fraction of sp³-hybridized carbons (Fsp3) is 0.300. The number of thioether (sulfide) groups is 1. The van der Waals surface area contributed by atoms with Crippen LogP contribution in [-0.2, 0) is 16.0 Å². The summed E-state index contributed by atoms with van der Waals surface area (Å²) in [7, 11) is 1.64. The molecule has 0 fully saturated rings. The minimum absolute atomic E-state index is 0.0125. The van der Waals surface area contributed by atoms with E-state index in [0.717, 1.165) is 21.9 Å². The van der Waals surface area contributed by atoms with Gasteiger partial charge >= 0.3 is 0 Å². The topological polar surface area (TPSA) is 58.6 Å². The highest BCUT2D eigenvalue weighted by atomic mass is 32.2. The molecule has 0 aromatic heterocycles. The number of carbonyl (C=O) groups is 2. The van der Waals surface area contributed by atoms with Crippen LogP contribution in [0.4, 0.5) is 5.69 Å². The predicted octanol–water partition coefficient (Wildman–Crippen LogP) is 3.45. The summed E-state index contributed by atoms with van der Waals surface area (Å²) in [6.45, 7) is 2.55. The fourth-order valence-electron chi connectivity index (χ4n) is 2.42. The van der Waals surface area contributed by atoms with Gasteiger partial charge in [0.05, 0.1) is 25.3 Å². The average Bonchev–Trinajstić information content (AvgIpc) is 2.63. The van der Waals surface area contributed by atoms with Crippen LogP contribution in [0.1, 0.15) is 12.5 Å². The summed E-state index contributed by atoms with van der Waals surface area (Å²) in [4.78, 5) is 27.0. The van der Waals surface area contributed by atoms with E-state index in [-0.39, 0.29) is 24.8 Å². The van der Waals surface area contributed by atoms with Gasteiger partial charge in [0.1, 0.15) is 5.75 Å². The van der Waals surface area contributed by atoms with Gasteiger partial charge < -0.3 is 15.0 Å². The Morgan fingerprint density at radius 1 is 1.12 bits per heavy atom. The van der Waals surface area contributed by atoms with Gasteiger partial charge in [-0.15, -0.1) is 11.8 Å². The van der Waals surface area contributed by atoms with Crippen molar-refractivity contribution in [2.75, 3.05) is 31.8 Å². The Labute approximate surface area is 158 Å². The largest absolute Gasteiger partial charge is 0.494 e. The van der Waals surface area contributed by atoms with E-state index in [4.69, 9.17) is 4.74 Å². The van der Waals surface area contributed by atoms with Crippen LogP contribution in [0.25, 0.3) is 0 Å². The highest BCUT2D eigenvalue weighted by Crippen LogP contribution is 2.24. The Morgan fingerprint density at radius 2 is 1.81 bits per heavy atom. The van der Waals surface area contributed by atoms with Crippen molar-refractivity contribution in [1.29, 1.82) is 0 Å². The van der Waals surface area contributed by atoms with Gasteiger partial charge in [-0.25, -0.2) is 0 Å². The maximum absolute atomic E-state index is 12.3. The molecule has 0 radical (unpaired) electrons. The van der Waals surface area contributed by atoms with Crippen LogP contribution in [0.2, 0.25) is 0 Å². The van der Waals surface area contributed by atoms with Gasteiger partial charge in [-0.2, -0.15) is 0 Å². The minimum atomic E-state index is -0.214. The molecule has 0 saturated heterocycles. The Balaban J connectivity index is 1.88. The molecule has 26 heavy (non-hydrogen) atoms. The molecule has 1 N–H and O–H groups in total. The first-order chi connectivity index (χ1) is 12.5. The van der Waals surface area contributed by atoms with Crippen molar-refractivity contribution in [3.05, 3.63) is 54.1 Å². The lowest BCUT2D eigenvalue weighted by Crippen LogP contribution is -2.35. The van der Waals surface area contributed by atoms with Crippen LogP contribution in [0.15, 0.2) is 53.4 Å². The molecule has 0 bridgehead atoms. The molecule has 5 nitrogen and oxygen atoms in total. The lowest BCUT2D eigenvalue weighted by atomic mass is 10.1. The van der Waals surface area contributed by atoms with Crippen LogP contribution in [0.3, 0.4) is 0 Å². The van der Waals surface area contributed by atoms with Gasteiger partial charge in [-0.3, -0.25) is 9.59 Å². The van der Waals surface area contributed by atoms with Crippen LogP contribution in [0.5, 0.6) is 5.75 Å². The molecular formula is C20H24N2O3S. The number of rotatable bonds is 8. The number of hydrogen-bond donors (Lipinski definition) is 1. The number of carbonyl (C=O) groups excluding carboxylic acids is 2. The van der Waals surface area contributed by atoms with E-state index in [1.54, 1.807) is 18.8 Å². The first-order valence-electron chi connectivity index (χ1n) is 8.42. The van der Waals surface area contributed by atoms with Crippen molar-refractivity contribution >= 4 is 29.3 Å². The van der Waals surface area contributed by atoms with E-state index in [0.29, 0.717) is 6.61 Å². The van der Waals surface area contributed by atoms with Gasteiger partial charge in [0, 0.05) is 11.9 Å². The number of anilines is 1. The van der Waals surface area contributed by atoms with Gasteiger partial charge in [0.2, 0.25) is 11.8 Å². The van der Waals surface area contributed by atoms with E-state index < -0.39 is 0 Å². The molecular weight excluding hydrogens is 348 g/mol. The maximum atomic E-state index is 12.3. The zero-order chi connectivity index (χ0) is 18.9. The number of para-hydroxylation sites is 1. The molecule has 138 valence electrons. The summed E-state index contributed by atoms with van der Waals surface area (Å²) in [5.74, 6) is 0.459. The van der Waals surface area contributed by atoms with Crippen LogP contribution >= 0.6 is 11.8 Å². The molecule has 0 aliphatic heterocycles. The molecule has 0 unspecified atom stereocenters. The third-order valence-electron chi connectivity index (χ3n) is 3.78. The van der Waals surface area contributed by atoms with Gasteiger partial charge in [0.15, 0.2) is 0 Å². The van der Waals surface area contributed by atoms with Crippen molar-refractivity contribution in [2.45, 2.75) is 18.2 Å². The molecule has 0 saturated carbocycles. The van der Waals surface area contributed by atoms with Crippen molar-refractivity contribution in [3.8, 4) is 5.75 Å². The monoisotopic (exact) mass is 372 g/mol. The first-order valence-corrected chi connectivity index (χ1v) is 9.64. The SMILES string of the molecule is CCOc1ccc(CC(=O)N(C)CC(=O)Nc2ccccc2SC)cc1. The predicted molar refractivity (Wildman–Crippen MR) is 106 cm³/mol. The number of amides is 2. The minimum Gasteiger partial charge on any atom is -0.494 e. The molecule has 2 amide bonds. The van der Waals surface area contributed by atoms with Crippen LogP contribution in [-0.4, -0.2) is 43.2 Å². The second kappa shape index (κ2) is 9.87. The smallest absolute Gasteiger partial charge is 0.244 e. The van der Waals surface area contributed by atoms with E-state index in [1.807, 2.05) is 61.7 Å². The van der Waals surface area contributed by atoms with Gasteiger partial charge in [-0.05, 0) is 43.0 Å². The van der Waals surface area contributed by atoms with Crippen molar-refractivity contribution in [3.63, 3.8) is 0 Å². The molecule has 0 atom stereocenters. The number of nitrogens with zero attached hydrogens (tertiary/aromatic N) is 1. The Kier molecular flexibility index (Phi) is 7.53. The van der Waals surface area contributed by atoms with Gasteiger partial charge in [-0.1, -0.05) is 24.3 Å². The highest BCUT2D eigenvalue weighted by molar-refractivity contribution is 7.98. The molecule has 2 rings (SSSR count). The van der Waals surface area contributed by atoms with Crippen LogP contribution < -0.4 is 10.1 Å². The van der Waals surface area contributed by atoms with E-state index >= 15 is 0 Å². The zero-order valence-corrected chi connectivity index (χ0v) is 16.1. The standard InChI is InChI=1S/C20H24N2O3S/c1-4-25-16-11-9-15(10-12-16)13-20(24)22(2)14-19(23)21-17-7-5-6-8-18(17)26-3/h5-12H,4,13-14H2,1-3H3,(H,21,23). The lowest BCUT2D eigenvalue weighted by molar-refractivity contribution is -0.132. The molecule has 2 aromatic carbocycles. The zero-order valence-electron chi connectivity index (χ0n) is 15.3. The lowest BCUT2D eigenvalue weighted by Gasteiger charge is -2.17. The summed E-state index contributed by atoms with van der Waals surface area (Å²) < 4.78 is 5.39. The normalized spacial score (nSPS) is 10.3. The van der Waals surface area contributed by atoms with E-state index in [2.05, 4.69) is 5.32 Å². The second-order valence-corrected chi connectivity index (χ2v) is 6.60. The maximum Gasteiger partial charge on any atom is 0.244 e. The third kappa shape index (κ3) is 5.81. The quantitative estimate of drug-likeness (QED) is 0.721. The number of ether oxygens (including phenoxy) is 1. The summed E-state index contributed by atoms with van der Waals surface area (Å²) >= 11 is 1.56. The second-order valence-electron chi connectivity index (χ2n) is 5.75. The molecule has 6 heteroatoms. The van der Waals surface area contributed by atoms with Crippen molar-refractivity contribution in [1.82, 2.24) is 4.90 Å². The Morgan fingerprint density at radius 3 is 2.46 bits per heavy atom. The number of nitrogens with one attached hydrogen (secondary N) is 1. The van der Waals surface area contributed by atoms with Crippen LogP contribution in [0, 0.1) is 0 Å².